The number of esters is 1. The summed E-state index contributed by atoms with van der Waals surface area (Å²) in [5.41, 5.74) is 0.837. The van der Waals surface area contributed by atoms with Crippen LogP contribution in [0.1, 0.15) is 80.6 Å². The molecule has 2 rings (SSSR count). The van der Waals surface area contributed by atoms with E-state index in [1.165, 1.54) is 12.5 Å². The van der Waals surface area contributed by atoms with Gasteiger partial charge in [-0.25, -0.2) is 4.79 Å². The van der Waals surface area contributed by atoms with Gasteiger partial charge in [0.15, 0.2) is 0 Å². The van der Waals surface area contributed by atoms with Gasteiger partial charge in [-0.2, -0.15) is 0 Å². The Morgan fingerprint density at radius 3 is 2.40 bits per heavy atom. The molecule has 0 unspecified atom stereocenters. The predicted molar refractivity (Wildman–Crippen MR) is 94.9 cm³/mol. The van der Waals surface area contributed by atoms with Crippen LogP contribution in [0.5, 0.6) is 11.5 Å². The van der Waals surface area contributed by atoms with E-state index < -0.39 is 5.97 Å². The lowest BCUT2D eigenvalue weighted by Gasteiger charge is -2.25. The highest BCUT2D eigenvalue weighted by molar-refractivity contribution is 5.95. The molecule has 0 aromatic heterocycles. The van der Waals surface area contributed by atoms with Gasteiger partial charge in [-0.15, -0.1) is 0 Å². The zero-order valence-corrected chi connectivity index (χ0v) is 14.9. The van der Waals surface area contributed by atoms with Crippen molar-refractivity contribution in [2.75, 3.05) is 0 Å². The Morgan fingerprint density at radius 1 is 1.08 bits per heavy atom. The third-order valence-electron chi connectivity index (χ3n) is 4.66. The van der Waals surface area contributed by atoms with Crippen LogP contribution in [0, 0.1) is 0 Å². The molecule has 25 heavy (non-hydrogen) atoms. The van der Waals surface area contributed by atoms with Crippen molar-refractivity contribution < 1.29 is 24.5 Å². The first-order valence-electron chi connectivity index (χ1n) is 9.22. The summed E-state index contributed by atoms with van der Waals surface area (Å²) < 4.78 is 5.40. The van der Waals surface area contributed by atoms with Gasteiger partial charge in [0.25, 0.3) is 0 Å². The standard InChI is InChI=1S/C20H28O5/c1-14(21)9-7-5-3-2-4-6-8-10-17-12-15-11-16(22)13-18(23)19(15)20(24)25-17/h11,13,17,22-23H,2-10,12H2,1H3/t17-/m1/s1. The largest absolute Gasteiger partial charge is 0.508 e. The second-order valence-corrected chi connectivity index (χ2v) is 6.95. The zero-order valence-electron chi connectivity index (χ0n) is 14.9. The number of unbranched alkanes of at least 4 members (excludes halogenated alkanes) is 6. The molecule has 0 aliphatic carbocycles. The van der Waals surface area contributed by atoms with Crippen LogP contribution >= 0.6 is 0 Å². The first kappa shape index (κ1) is 19.3. The lowest BCUT2D eigenvalue weighted by atomic mass is 9.94. The highest BCUT2D eigenvalue weighted by atomic mass is 16.5. The van der Waals surface area contributed by atoms with Crippen molar-refractivity contribution in [3.8, 4) is 11.5 Å². The van der Waals surface area contributed by atoms with Crippen molar-refractivity contribution in [2.24, 2.45) is 0 Å². The van der Waals surface area contributed by atoms with Crippen LogP contribution < -0.4 is 0 Å². The van der Waals surface area contributed by atoms with E-state index in [1.54, 1.807) is 6.92 Å². The quantitative estimate of drug-likeness (QED) is 0.487. The number of fused-ring (bicyclic) bond motifs is 1. The number of carbonyl (C=O) groups is 2. The number of rotatable bonds is 10. The molecule has 0 saturated heterocycles. The number of carbonyl (C=O) groups excluding carboxylic acids is 2. The van der Waals surface area contributed by atoms with Crippen LogP contribution in [-0.2, 0) is 16.0 Å². The molecule has 2 N–H and O–H groups in total. The van der Waals surface area contributed by atoms with Crippen LogP contribution in [0.4, 0.5) is 0 Å². The van der Waals surface area contributed by atoms with Crippen molar-refractivity contribution in [3.05, 3.63) is 23.3 Å². The molecule has 1 aromatic carbocycles. The number of Topliss-reactive ketones (excluding diaryl/α,β-unsaturated/α-hetero) is 1. The molecular weight excluding hydrogens is 320 g/mol. The molecule has 0 bridgehead atoms. The van der Waals surface area contributed by atoms with Crippen molar-refractivity contribution >= 4 is 11.8 Å². The monoisotopic (exact) mass is 348 g/mol. The lowest BCUT2D eigenvalue weighted by Crippen LogP contribution is -2.27. The number of phenolic OH excluding ortho intramolecular Hbond substituents is 2. The summed E-state index contributed by atoms with van der Waals surface area (Å²) in [7, 11) is 0. The minimum absolute atomic E-state index is 0.0329. The van der Waals surface area contributed by atoms with Crippen molar-refractivity contribution in [1.29, 1.82) is 0 Å². The van der Waals surface area contributed by atoms with Crippen LogP contribution in [0.2, 0.25) is 0 Å². The fourth-order valence-electron chi connectivity index (χ4n) is 3.35. The molecule has 138 valence electrons. The molecule has 0 saturated carbocycles. The molecule has 5 nitrogen and oxygen atoms in total. The third-order valence-corrected chi connectivity index (χ3v) is 4.66. The number of hydrogen-bond acceptors (Lipinski definition) is 5. The summed E-state index contributed by atoms with van der Waals surface area (Å²) in [4.78, 5) is 22.9. The Labute approximate surface area is 149 Å². The second kappa shape index (κ2) is 9.44. The number of ether oxygens (including phenoxy) is 1. The average Bonchev–Trinajstić information content (AvgIpc) is 2.51. The van der Waals surface area contributed by atoms with E-state index in [0.29, 0.717) is 18.4 Å². The normalized spacial score (nSPS) is 16.4. The molecule has 1 heterocycles. The van der Waals surface area contributed by atoms with Crippen LogP contribution in [0.3, 0.4) is 0 Å². The Balaban J connectivity index is 1.64. The molecule has 5 heteroatoms. The smallest absolute Gasteiger partial charge is 0.342 e. The van der Waals surface area contributed by atoms with E-state index in [2.05, 4.69) is 0 Å². The molecule has 0 spiro atoms. The highest BCUT2D eigenvalue weighted by Gasteiger charge is 2.29. The molecule has 1 aliphatic rings. The van der Waals surface area contributed by atoms with Crippen molar-refractivity contribution in [2.45, 2.75) is 77.2 Å². The maximum absolute atomic E-state index is 12.0. The van der Waals surface area contributed by atoms with E-state index in [1.807, 2.05) is 0 Å². The minimum atomic E-state index is -0.505. The van der Waals surface area contributed by atoms with Crippen LogP contribution in [0.15, 0.2) is 12.1 Å². The van der Waals surface area contributed by atoms with Gasteiger partial charge in [0.05, 0.1) is 0 Å². The number of hydrogen-bond donors (Lipinski definition) is 2. The molecule has 1 aromatic rings. The molecular formula is C20H28O5. The maximum Gasteiger partial charge on any atom is 0.342 e. The van der Waals surface area contributed by atoms with Gasteiger partial charge in [-0.05, 0) is 37.8 Å². The molecule has 1 atom stereocenters. The van der Waals surface area contributed by atoms with Gasteiger partial charge in [-0.3, -0.25) is 0 Å². The average molecular weight is 348 g/mol. The van der Waals surface area contributed by atoms with Gasteiger partial charge in [0.1, 0.15) is 28.9 Å². The van der Waals surface area contributed by atoms with E-state index in [4.69, 9.17) is 4.74 Å². The predicted octanol–water partition coefficient (Wildman–Crippen LogP) is 4.28. The minimum Gasteiger partial charge on any atom is -0.508 e. The first-order chi connectivity index (χ1) is 12.0. The van der Waals surface area contributed by atoms with E-state index >= 15 is 0 Å². The van der Waals surface area contributed by atoms with E-state index in [-0.39, 0.29) is 28.9 Å². The third kappa shape index (κ3) is 6.07. The van der Waals surface area contributed by atoms with Gasteiger partial charge < -0.3 is 19.7 Å². The van der Waals surface area contributed by atoms with E-state index in [0.717, 1.165) is 51.0 Å². The van der Waals surface area contributed by atoms with Crippen molar-refractivity contribution in [3.63, 3.8) is 0 Å². The lowest BCUT2D eigenvalue weighted by molar-refractivity contribution is -0.117. The molecule has 0 radical (unpaired) electrons. The van der Waals surface area contributed by atoms with Crippen LogP contribution in [-0.4, -0.2) is 28.1 Å². The highest BCUT2D eigenvalue weighted by Crippen LogP contribution is 2.33. The summed E-state index contributed by atoms with van der Waals surface area (Å²) >= 11 is 0. The summed E-state index contributed by atoms with van der Waals surface area (Å²) in [6.07, 6.45) is 9.53. The summed E-state index contributed by atoms with van der Waals surface area (Å²) in [5.74, 6) is -0.489. The van der Waals surface area contributed by atoms with Gasteiger partial charge in [-0.1, -0.05) is 32.1 Å². The topological polar surface area (TPSA) is 83.8 Å². The second-order valence-electron chi connectivity index (χ2n) is 6.95. The SMILES string of the molecule is CC(=O)CCCCCCCCC[C@@H]1Cc2cc(O)cc(O)c2C(=O)O1. The van der Waals surface area contributed by atoms with Gasteiger partial charge >= 0.3 is 5.97 Å². The summed E-state index contributed by atoms with van der Waals surface area (Å²) in [6, 6.07) is 2.69. The Bertz CT molecular complexity index is 608. The van der Waals surface area contributed by atoms with Crippen LogP contribution in [0.25, 0.3) is 0 Å². The Morgan fingerprint density at radius 2 is 1.72 bits per heavy atom. The number of benzene rings is 1. The molecule has 0 amide bonds. The fraction of sp³-hybridized carbons (Fsp3) is 0.600. The van der Waals surface area contributed by atoms with Gasteiger partial charge in [0, 0.05) is 18.9 Å². The molecule has 0 fully saturated rings. The molecule has 1 aliphatic heterocycles. The number of ketones is 1. The Kier molecular flexibility index (Phi) is 7.29. The maximum atomic E-state index is 12.0. The Hall–Kier alpha value is -2.04. The summed E-state index contributed by atoms with van der Waals surface area (Å²) in [5, 5.41) is 19.4. The number of aromatic hydroxyl groups is 2. The van der Waals surface area contributed by atoms with E-state index in [9.17, 15) is 19.8 Å². The van der Waals surface area contributed by atoms with Crippen molar-refractivity contribution in [1.82, 2.24) is 0 Å². The first-order valence-corrected chi connectivity index (χ1v) is 9.22. The number of cyclic esters (lactones) is 1. The van der Waals surface area contributed by atoms with Gasteiger partial charge in [0.2, 0.25) is 0 Å². The number of phenols is 2. The zero-order chi connectivity index (χ0) is 18.2. The fourth-order valence-corrected chi connectivity index (χ4v) is 3.35. The summed E-state index contributed by atoms with van der Waals surface area (Å²) in [6.45, 7) is 1.64.